The number of nitrogens with one attached hydrogen (secondary N) is 1. The van der Waals surface area contributed by atoms with Crippen molar-refractivity contribution in [3.63, 3.8) is 0 Å². The average molecular weight is 351 g/mol. The number of benzene rings is 2. The number of rotatable bonds is 7. The van der Waals surface area contributed by atoms with Crippen LogP contribution < -0.4 is 14.8 Å². The first-order valence-corrected chi connectivity index (χ1v) is 7.14. The molecule has 1 N–H and O–H groups in total. The summed E-state index contributed by atoms with van der Waals surface area (Å²) in [7, 11) is 1.25. The second-order valence-corrected chi connectivity index (χ2v) is 4.73. The fourth-order valence-corrected chi connectivity index (χ4v) is 1.92. The fraction of sp³-hybridized carbons (Fsp3) is 0.176. The third-order valence-electron chi connectivity index (χ3n) is 3.01. The van der Waals surface area contributed by atoms with Gasteiger partial charge >= 0.3 is 12.6 Å². The number of ether oxygens (including phenoxy) is 3. The molecule has 0 aliphatic heterocycles. The average Bonchev–Trinajstić information content (AvgIpc) is 2.60. The smallest absolute Gasteiger partial charge is 0.387 e. The molecule has 0 bridgehead atoms. The molecule has 0 atom stereocenters. The van der Waals surface area contributed by atoms with Gasteiger partial charge in [0.05, 0.1) is 12.7 Å². The van der Waals surface area contributed by atoms with Gasteiger partial charge in [-0.15, -0.1) is 0 Å². The monoisotopic (exact) mass is 351 g/mol. The lowest BCUT2D eigenvalue weighted by atomic mass is 10.2. The maximum absolute atomic E-state index is 12.3. The Hall–Kier alpha value is -3.16. The highest BCUT2D eigenvalue weighted by Gasteiger charge is 2.16. The van der Waals surface area contributed by atoms with E-state index in [1.54, 1.807) is 30.3 Å². The summed E-state index contributed by atoms with van der Waals surface area (Å²) in [5, 5.41) is 2.56. The number of methoxy groups -OCH3 is 1. The molecule has 0 unspecified atom stereocenters. The highest BCUT2D eigenvalue weighted by atomic mass is 19.3. The molecule has 1 amide bonds. The molecule has 0 fully saturated rings. The van der Waals surface area contributed by atoms with Crippen molar-refractivity contribution in [2.24, 2.45) is 0 Å². The van der Waals surface area contributed by atoms with Gasteiger partial charge in [-0.25, -0.2) is 4.79 Å². The predicted molar refractivity (Wildman–Crippen MR) is 85.0 cm³/mol. The van der Waals surface area contributed by atoms with Crippen molar-refractivity contribution in [2.45, 2.75) is 6.61 Å². The molecule has 0 spiro atoms. The molecule has 0 saturated carbocycles. The lowest BCUT2D eigenvalue weighted by molar-refractivity contribution is -0.119. The van der Waals surface area contributed by atoms with Crippen molar-refractivity contribution < 1.29 is 32.6 Å². The van der Waals surface area contributed by atoms with Crippen LogP contribution in [0.2, 0.25) is 0 Å². The maximum atomic E-state index is 12.3. The highest BCUT2D eigenvalue weighted by Crippen LogP contribution is 2.29. The Morgan fingerprint density at radius 1 is 1.08 bits per heavy atom. The van der Waals surface area contributed by atoms with Crippen molar-refractivity contribution in [3.8, 4) is 11.5 Å². The molecular weight excluding hydrogens is 336 g/mol. The zero-order valence-corrected chi connectivity index (χ0v) is 13.2. The Labute approximate surface area is 142 Å². The molecule has 25 heavy (non-hydrogen) atoms. The highest BCUT2D eigenvalue weighted by molar-refractivity contribution is 5.95. The SMILES string of the molecule is COc1cc(C(=O)OCC(=O)Nc2ccccc2)ccc1OC(F)F. The minimum atomic E-state index is -3.02. The van der Waals surface area contributed by atoms with Crippen LogP contribution in [0.4, 0.5) is 14.5 Å². The van der Waals surface area contributed by atoms with Gasteiger partial charge < -0.3 is 19.5 Å². The molecule has 0 aliphatic rings. The Bertz CT molecular complexity index is 737. The quantitative estimate of drug-likeness (QED) is 0.776. The summed E-state index contributed by atoms with van der Waals surface area (Å²) in [6.07, 6.45) is 0. The van der Waals surface area contributed by atoms with E-state index in [4.69, 9.17) is 9.47 Å². The third kappa shape index (κ3) is 5.45. The van der Waals surface area contributed by atoms with E-state index in [1.165, 1.54) is 19.2 Å². The molecule has 132 valence electrons. The first-order valence-electron chi connectivity index (χ1n) is 7.14. The van der Waals surface area contributed by atoms with E-state index in [1.807, 2.05) is 0 Å². The van der Waals surface area contributed by atoms with Crippen LogP contribution in [0.3, 0.4) is 0 Å². The van der Waals surface area contributed by atoms with Crippen LogP contribution >= 0.6 is 0 Å². The van der Waals surface area contributed by atoms with Crippen molar-refractivity contribution in [3.05, 3.63) is 54.1 Å². The first kappa shape index (κ1) is 18.2. The Morgan fingerprint density at radius 3 is 2.44 bits per heavy atom. The summed E-state index contributed by atoms with van der Waals surface area (Å²) in [4.78, 5) is 23.7. The molecule has 8 heteroatoms. The third-order valence-corrected chi connectivity index (χ3v) is 3.01. The number of anilines is 1. The van der Waals surface area contributed by atoms with Crippen LogP contribution in [0.5, 0.6) is 11.5 Å². The standard InChI is InChI=1S/C17H15F2NO5/c1-23-14-9-11(7-8-13(14)25-17(18)19)16(22)24-10-15(21)20-12-5-3-2-4-6-12/h2-9,17H,10H2,1H3,(H,20,21). The van der Waals surface area contributed by atoms with Crippen LogP contribution in [-0.2, 0) is 9.53 Å². The van der Waals surface area contributed by atoms with E-state index in [0.717, 1.165) is 6.07 Å². The van der Waals surface area contributed by atoms with Gasteiger partial charge in [-0.3, -0.25) is 4.79 Å². The molecule has 2 aromatic carbocycles. The summed E-state index contributed by atoms with van der Waals surface area (Å²) in [6, 6.07) is 12.2. The number of carbonyl (C=O) groups excluding carboxylic acids is 2. The van der Waals surface area contributed by atoms with E-state index in [0.29, 0.717) is 5.69 Å². The van der Waals surface area contributed by atoms with E-state index in [2.05, 4.69) is 10.1 Å². The van der Waals surface area contributed by atoms with Crippen LogP contribution in [0.15, 0.2) is 48.5 Å². The van der Waals surface area contributed by atoms with Crippen LogP contribution in [0, 0.1) is 0 Å². The molecule has 2 rings (SSSR count). The summed E-state index contributed by atoms with van der Waals surface area (Å²) in [5.41, 5.74) is 0.602. The van der Waals surface area contributed by atoms with E-state index >= 15 is 0 Å². The number of halogens is 2. The normalized spacial score (nSPS) is 10.2. The molecule has 0 aromatic heterocycles. The van der Waals surface area contributed by atoms with Crippen LogP contribution in [0.25, 0.3) is 0 Å². The number of hydrogen-bond acceptors (Lipinski definition) is 5. The van der Waals surface area contributed by atoms with E-state index < -0.39 is 25.1 Å². The summed E-state index contributed by atoms with van der Waals surface area (Å²) < 4.78 is 38.6. The molecule has 6 nitrogen and oxygen atoms in total. The van der Waals surface area contributed by atoms with Gasteiger partial charge in [-0.1, -0.05) is 18.2 Å². The Morgan fingerprint density at radius 2 is 1.80 bits per heavy atom. The number of para-hydroxylation sites is 1. The minimum absolute atomic E-state index is 0.0333. The molecule has 0 aliphatic carbocycles. The number of hydrogen-bond donors (Lipinski definition) is 1. The van der Waals surface area contributed by atoms with Gasteiger partial charge in [0, 0.05) is 5.69 Å². The summed E-state index contributed by atoms with van der Waals surface area (Å²) in [5.74, 6) is -1.58. The summed E-state index contributed by atoms with van der Waals surface area (Å²) >= 11 is 0. The van der Waals surface area contributed by atoms with Crippen molar-refractivity contribution in [1.29, 1.82) is 0 Å². The van der Waals surface area contributed by atoms with Gasteiger partial charge in [0.25, 0.3) is 5.91 Å². The van der Waals surface area contributed by atoms with Crippen molar-refractivity contribution in [1.82, 2.24) is 0 Å². The van der Waals surface area contributed by atoms with Crippen molar-refractivity contribution >= 4 is 17.6 Å². The van der Waals surface area contributed by atoms with Crippen molar-refractivity contribution in [2.75, 3.05) is 19.0 Å². The van der Waals surface area contributed by atoms with E-state index in [9.17, 15) is 18.4 Å². The predicted octanol–water partition coefficient (Wildman–Crippen LogP) is 3.09. The lowest BCUT2D eigenvalue weighted by Crippen LogP contribution is -2.20. The zero-order valence-electron chi connectivity index (χ0n) is 13.2. The number of alkyl halides is 2. The number of esters is 1. The first-order chi connectivity index (χ1) is 12.0. The molecule has 0 radical (unpaired) electrons. The molecular formula is C17H15F2NO5. The topological polar surface area (TPSA) is 73.9 Å². The van der Waals surface area contributed by atoms with Gasteiger partial charge in [0.15, 0.2) is 18.1 Å². The van der Waals surface area contributed by atoms with Gasteiger partial charge in [0.1, 0.15) is 0 Å². The van der Waals surface area contributed by atoms with Gasteiger partial charge in [-0.05, 0) is 30.3 Å². The van der Waals surface area contributed by atoms with Crippen LogP contribution in [-0.4, -0.2) is 32.2 Å². The lowest BCUT2D eigenvalue weighted by Gasteiger charge is -2.11. The molecule has 2 aromatic rings. The zero-order chi connectivity index (χ0) is 18.2. The minimum Gasteiger partial charge on any atom is -0.493 e. The molecule has 0 heterocycles. The fourth-order valence-electron chi connectivity index (χ4n) is 1.92. The Kier molecular flexibility index (Phi) is 6.27. The number of amides is 1. The van der Waals surface area contributed by atoms with Gasteiger partial charge in [-0.2, -0.15) is 8.78 Å². The molecule has 0 saturated heterocycles. The van der Waals surface area contributed by atoms with Gasteiger partial charge in [0.2, 0.25) is 0 Å². The maximum Gasteiger partial charge on any atom is 0.387 e. The Balaban J connectivity index is 1.95. The largest absolute Gasteiger partial charge is 0.493 e. The van der Waals surface area contributed by atoms with Crippen LogP contribution in [0.1, 0.15) is 10.4 Å². The summed E-state index contributed by atoms with van der Waals surface area (Å²) in [6.45, 7) is -3.51. The second kappa shape index (κ2) is 8.62. The van der Waals surface area contributed by atoms with E-state index in [-0.39, 0.29) is 17.1 Å². The second-order valence-electron chi connectivity index (χ2n) is 4.73. The number of carbonyl (C=O) groups is 2.